The summed E-state index contributed by atoms with van der Waals surface area (Å²) in [5.74, 6) is -1.41. The number of alkyl halides is 3. The second kappa shape index (κ2) is 7.80. The van der Waals surface area contributed by atoms with Gasteiger partial charge < -0.3 is 15.7 Å². The van der Waals surface area contributed by atoms with Gasteiger partial charge in [0, 0.05) is 11.3 Å². The van der Waals surface area contributed by atoms with Crippen LogP contribution < -0.4 is 10.6 Å². The molecular formula is C17H15F3N2O3. The van der Waals surface area contributed by atoms with Crippen molar-refractivity contribution in [1.29, 1.82) is 0 Å². The highest BCUT2D eigenvalue weighted by Gasteiger charge is 2.30. The molecule has 0 radical (unpaired) electrons. The van der Waals surface area contributed by atoms with Gasteiger partial charge in [0.25, 0.3) is 5.91 Å². The minimum Gasteiger partial charge on any atom is -0.394 e. The molecule has 0 aliphatic heterocycles. The molecule has 3 N–H and O–H groups in total. The van der Waals surface area contributed by atoms with Gasteiger partial charge >= 0.3 is 6.18 Å². The van der Waals surface area contributed by atoms with Gasteiger partial charge in [-0.1, -0.05) is 24.3 Å². The third-order valence-electron chi connectivity index (χ3n) is 3.30. The Hall–Kier alpha value is -2.87. The van der Waals surface area contributed by atoms with Crippen molar-refractivity contribution >= 4 is 17.5 Å². The fraction of sp³-hybridized carbons (Fsp3) is 0.176. The average molecular weight is 352 g/mol. The first-order valence-corrected chi connectivity index (χ1v) is 7.26. The predicted molar refractivity (Wildman–Crippen MR) is 84.9 cm³/mol. The number of nitrogens with one attached hydrogen (secondary N) is 2. The number of halogens is 3. The van der Waals surface area contributed by atoms with Crippen LogP contribution in [0.4, 0.5) is 18.9 Å². The van der Waals surface area contributed by atoms with Crippen LogP contribution in [0.3, 0.4) is 0 Å². The Morgan fingerprint density at radius 3 is 2.32 bits per heavy atom. The molecule has 5 nitrogen and oxygen atoms in total. The highest BCUT2D eigenvalue weighted by atomic mass is 19.4. The Morgan fingerprint density at radius 2 is 1.72 bits per heavy atom. The Bertz CT molecular complexity index is 748. The third kappa shape index (κ3) is 5.05. The number of amides is 2. The van der Waals surface area contributed by atoms with Gasteiger partial charge in [-0.05, 0) is 30.3 Å². The molecule has 0 bridgehead atoms. The molecule has 2 aromatic rings. The first-order valence-electron chi connectivity index (χ1n) is 7.26. The van der Waals surface area contributed by atoms with Crippen molar-refractivity contribution in [2.45, 2.75) is 12.2 Å². The SMILES string of the molecule is O=C(N[C@@H](CO)C(=O)Nc1cccc(C(F)(F)F)c1)c1ccccc1. The van der Waals surface area contributed by atoms with E-state index in [-0.39, 0.29) is 11.3 Å². The number of carbonyl (C=O) groups is 2. The summed E-state index contributed by atoms with van der Waals surface area (Å²) >= 11 is 0. The summed E-state index contributed by atoms with van der Waals surface area (Å²) in [6.07, 6.45) is -4.54. The van der Waals surface area contributed by atoms with Crippen LogP contribution in [-0.2, 0) is 11.0 Å². The van der Waals surface area contributed by atoms with Crippen molar-refractivity contribution in [3.63, 3.8) is 0 Å². The van der Waals surface area contributed by atoms with Gasteiger partial charge in [0.1, 0.15) is 6.04 Å². The Morgan fingerprint density at radius 1 is 1.04 bits per heavy atom. The summed E-state index contributed by atoms with van der Waals surface area (Å²) in [6.45, 7) is -0.705. The molecule has 1 atom stereocenters. The lowest BCUT2D eigenvalue weighted by atomic mass is 10.1. The van der Waals surface area contributed by atoms with E-state index in [1.54, 1.807) is 18.2 Å². The van der Waals surface area contributed by atoms with Gasteiger partial charge in [-0.3, -0.25) is 9.59 Å². The number of rotatable bonds is 5. The van der Waals surface area contributed by atoms with E-state index < -0.39 is 36.2 Å². The molecule has 0 saturated carbocycles. The highest BCUT2D eigenvalue weighted by molar-refractivity contribution is 6.01. The minimum absolute atomic E-state index is 0.0905. The Balaban J connectivity index is 2.06. The molecule has 0 saturated heterocycles. The van der Waals surface area contributed by atoms with Gasteiger partial charge in [0.15, 0.2) is 0 Å². The van der Waals surface area contributed by atoms with Crippen molar-refractivity contribution in [3.8, 4) is 0 Å². The molecule has 0 aliphatic rings. The molecule has 0 spiro atoms. The molecule has 2 aromatic carbocycles. The van der Waals surface area contributed by atoms with E-state index in [2.05, 4.69) is 10.6 Å². The van der Waals surface area contributed by atoms with Crippen molar-refractivity contribution in [1.82, 2.24) is 5.32 Å². The summed E-state index contributed by atoms with van der Waals surface area (Å²) in [5.41, 5.74) is -0.723. The molecule has 0 heterocycles. The maximum absolute atomic E-state index is 12.7. The zero-order valence-corrected chi connectivity index (χ0v) is 12.9. The van der Waals surface area contributed by atoms with Crippen molar-refractivity contribution < 1.29 is 27.9 Å². The van der Waals surface area contributed by atoms with Gasteiger partial charge in [-0.25, -0.2) is 0 Å². The Kier molecular flexibility index (Phi) is 5.76. The quantitative estimate of drug-likeness (QED) is 0.773. The summed E-state index contributed by atoms with van der Waals surface area (Å²) in [6, 6.07) is 10.8. The van der Waals surface area contributed by atoms with Gasteiger partial charge in [-0.15, -0.1) is 0 Å². The second-order valence-electron chi connectivity index (χ2n) is 5.14. The van der Waals surface area contributed by atoms with E-state index >= 15 is 0 Å². The zero-order valence-electron chi connectivity index (χ0n) is 12.9. The maximum atomic E-state index is 12.7. The molecule has 0 aromatic heterocycles. The summed E-state index contributed by atoms with van der Waals surface area (Å²) in [4.78, 5) is 24.1. The van der Waals surface area contributed by atoms with Gasteiger partial charge in [0.2, 0.25) is 5.91 Å². The van der Waals surface area contributed by atoms with E-state index in [4.69, 9.17) is 0 Å². The fourth-order valence-corrected chi connectivity index (χ4v) is 2.03. The van der Waals surface area contributed by atoms with E-state index in [1.165, 1.54) is 18.2 Å². The number of aliphatic hydroxyl groups excluding tert-OH is 1. The summed E-state index contributed by atoms with van der Waals surface area (Å²) < 4.78 is 38.0. The lowest BCUT2D eigenvalue weighted by molar-refractivity contribution is -0.137. The predicted octanol–water partition coefficient (Wildman–Crippen LogP) is 2.43. The molecule has 0 aliphatic carbocycles. The molecular weight excluding hydrogens is 337 g/mol. The lowest BCUT2D eigenvalue weighted by Crippen LogP contribution is -2.46. The van der Waals surface area contributed by atoms with Crippen LogP contribution in [0.2, 0.25) is 0 Å². The standard InChI is InChI=1S/C17H15F3N2O3/c18-17(19,20)12-7-4-8-13(9-12)21-16(25)14(10-23)22-15(24)11-5-2-1-3-6-11/h1-9,14,23H,10H2,(H,21,25)(H,22,24)/t14-/m0/s1. The van der Waals surface area contributed by atoms with E-state index in [0.29, 0.717) is 0 Å². The first kappa shape index (κ1) is 18.5. The molecule has 25 heavy (non-hydrogen) atoms. The summed E-state index contributed by atoms with van der Waals surface area (Å²) in [7, 11) is 0. The van der Waals surface area contributed by atoms with Crippen LogP contribution in [0.5, 0.6) is 0 Å². The van der Waals surface area contributed by atoms with Crippen LogP contribution in [0.1, 0.15) is 15.9 Å². The van der Waals surface area contributed by atoms with Crippen LogP contribution >= 0.6 is 0 Å². The second-order valence-corrected chi connectivity index (χ2v) is 5.14. The number of hydrogen-bond donors (Lipinski definition) is 3. The normalized spacial score (nSPS) is 12.3. The fourth-order valence-electron chi connectivity index (χ4n) is 2.03. The van der Waals surface area contributed by atoms with E-state index in [1.807, 2.05) is 0 Å². The monoisotopic (exact) mass is 352 g/mol. The van der Waals surface area contributed by atoms with Crippen molar-refractivity contribution in [2.75, 3.05) is 11.9 Å². The Labute approximate surface area is 141 Å². The largest absolute Gasteiger partial charge is 0.416 e. The van der Waals surface area contributed by atoms with E-state index in [0.717, 1.165) is 18.2 Å². The van der Waals surface area contributed by atoms with E-state index in [9.17, 15) is 27.9 Å². The van der Waals surface area contributed by atoms with Crippen molar-refractivity contribution in [3.05, 3.63) is 65.7 Å². The molecule has 2 rings (SSSR count). The van der Waals surface area contributed by atoms with Crippen LogP contribution in [0.25, 0.3) is 0 Å². The molecule has 0 unspecified atom stereocenters. The van der Waals surface area contributed by atoms with Crippen LogP contribution in [0, 0.1) is 0 Å². The highest BCUT2D eigenvalue weighted by Crippen LogP contribution is 2.30. The topological polar surface area (TPSA) is 78.4 Å². The zero-order chi connectivity index (χ0) is 18.4. The minimum atomic E-state index is -4.54. The number of aliphatic hydroxyl groups is 1. The molecule has 8 heteroatoms. The molecule has 0 fully saturated rings. The number of anilines is 1. The smallest absolute Gasteiger partial charge is 0.394 e. The van der Waals surface area contributed by atoms with Gasteiger partial charge in [0.05, 0.1) is 12.2 Å². The third-order valence-corrected chi connectivity index (χ3v) is 3.30. The first-order chi connectivity index (χ1) is 11.8. The number of benzene rings is 2. The summed E-state index contributed by atoms with van der Waals surface area (Å²) in [5, 5.41) is 13.9. The average Bonchev–Trinajstić information content (AvgIpc) is 2.59. The maximum Gasteiger partial charge on any atom is 0.416 e. The van der Waals surface area contributed by atoms with Crippen LogP contribution in [-0.4, -0.2) is 29.6 Å². The number of carbonyl (C=O) groups excluding carboxylic acids is 2. The van der Waals surface area contributed by atoms with Crippen LogP contribution in [0.15, 0.2) is 54.6 Å². The lowest BCUT2D eigenvalue weighted by Gasteiger charge is -2.17. The molecule has 132 valence electrons. The van der Waals surface area contributed by atoms with Crippen molar-refractivity contribution in [2.24, 2.45) is 0 Å². The molecule has 2 amide bonds. The van der Waals surface area contributed by atoms with Gasteiger partial charge in [-0.2, -0.15) is 13.2 Å². The number of hydrogen-bond acceptors (Lipinski definition) is 3.